The molecule has 198 valence electrons. The lowest BCUT2D eigenvalue weighted by Crippen LogP contribution is -2.32. The highest BCUT2D eigenvalue weighted by molar-refractivity contribution is 7.17. The van der Waals surface area contributed by atoms with Crippen LogP contribution in [0.25, 0.3) is 16.7 Å². The molecule has 0 bridgehead atoms. The number of ether oxygens (including phenoxy) is 1. The minimum absolute atomic E-state index is 0.0231. The fraction of sp³-hybridized carbons (Fsp3) is 0.250. The van der Waals surface area contributed by atoms with E-state index in [0.717, 1.165) is 36.1 Å². The van der Waals surface area contributed by atoms with Crippen LogP contribution < -0.4 is 16.4 Å². The van der Waals surface area contributed by atoms with Crippen molar-refractivity contribution in [3.05, 3.63) is 92.0 Å². The van der Waals surface area contributed by atoms with Gasteiger partial charge >= 0.3 is 5.97 Å². The van der Waals surface area contributed by atoms with Gasteiger partial charge in [-0.3, -0.25) is 19.4 Å². The summed E-state index contributed by atoms with van der Waals surface area (Å²) in [5.74, 6) is -0.534. The fourth-order valence-electron chi connectivity index (χ4n) is 5.02. The second-order valence-corrected chi connectivity index (χ2v) is 10.3. The smallest absolute Gasteiger partial charge is 0.341 e. The van der Waals surface area contributed by atoms with Crippen LogP contribution in [0.4, 0.5) is 5.00 Å². The van der Waals surface area contributed by atoms with Crippen LogP contribution in [0, 0.1) is 5.41 Å². The van der Waals surface area contributed by atoms with E-state index in [1.165, 1.54) is 32.6 Å². The second-order valence-electron chi connectivity index (χ2n) is 9.24. The van der Waals surface area contributed by atoms with E-state index in [9.17, 15) is 14.4 Å². The Bertz CT molecular complexity index is 1870. The summed E-state index contributed by atoms with van der Waals surface area (Å²) in [7, 11) is 0. The first-order valence-electron chi connectivity index (χ1n) is 12.7. The van der Waals surface area contributed by atoms with Gasteiger partial charge in [-0.15, -0.1) is 11.3 Å². The number of pyridine rings is 2. The molecule has 10 nitrogen and oxygen atoms in total. The molecule has 0 fully saturated rings. The molecule has 1 aliphatic carbocycles. The number of hydrogen-bond donors (Lipinski definition) is 2. The molecular weight excluding hydrogens is 518 g/mol. The molecule has 0 spiro atoms. The number of rotatable bonds is 6. The number of nitrogens with one attached hydrogen (secondary N) is 2. The van der Waals surface area contributed by atoms with E-state index in [1.807, 2.05) is 0 Å². The molecule has 0 radical (unpaired) electrons. The van der Waals surface area contributed by atoms with Gasteiger partial charge in [-0.05, 0) is 68.5 Å². The van der Waals surface area contributed by atoms with Gasteiger partial charge in [0.15, 0.2) is 0 Å². The van der Waals surface area contributed by atoms with E-state index in [0.29, 0.717) is 22.0 Å². The van der Waals surface area contributed by atoms with Gasteiger partial charge in [-0.2, -0.15) is 0 Å². The predicted molar refractivity (Wildman–Crippen MR) is 145 cm³/mol. The lowest BCUT2D eigenvalue weighted by Gasteiger charge is -2.14. The third-order valence-corrected chi connectivity index (χ3v) is 8.04. The van der Waals surface area contributed by atoms with Gasteiger partial charge in [0.25, 0.3) is 11.5 Å². The number of nitrogens with zero attached hydrogens (tertiary/aromatic N) is 3. The zero-order valence-electron chi connectivity index (χ0n) is 21.2. The number of furan rings is 1. The number of carbonyl (C=O) groups is 2. The first-order chi connectivity index (χ1) is 19.0. The number of hydrogen-bond acceptors (Lipinski definition) is 8. The molecule has 39 heavy (non-hydrogen) atoms. The SMILES string of the molecule is CCOC(=O)c1c(NC(=O)c2cc3c(=O)n4ccccc4nc3n(Cc3ccco3)c2=N)sc2c1CCCC2. The summed E-state index contributed by atoms with van der Waals surface area (Å²) in [6, 6.07) is 10.1. The van der Waals surface area contributed by atoms with Gasteiger partial charge in [0.1, 0.15) is 27.5 Å². The fourth-order valence-corrected chi connectivity index (χ4v) is 6.29. The van der Waals surface area contributed by atoms with Crippen molar-refractivity contribution in [2.24, 2.45) is 0 Å². The van der Waals surface area contributed by atoms with E-state index in [1.54, 1.807) is 43.5 Å². The monoisotopic (exact) mass is 543 g/mol. The van der Waals surface area contributed by atoms with E-state index < -0.39 is 11.9 Å². The van der Waals surface area contributed by atoms with Crippen molar-refractivity contribution < 1.29 is 18.7 Å². The summed E-state index contributed by atoms with van der Waals surface area (Å²) in [5, 5.41) is 12.4. The zero-order chi connectivity index (χ0) is 27.1. The van der Waals surface area contributed by atoms with Gasteiger partial charge in [0.2, 0.25) is 0 Å². The summed E-state index contributed by atoms with van der Waals surface area (Å²) >= 11 is 1.37. The highest BCUT2D eigenvalue weighted by Gasteiger charge is 2.28. The summed E-state index contributed by atoms with van der Waals surface area (Å²) in [6.07, 6.45) is 6.68. The summed E-state index contributed by atoms with van der Waals surface area (Å²) < 4.78 is 13.7. The van der Waals surface area contributed by atoms with Gasteiger partial charge in [0, 0.05) is 11.1 Å². The maximum absolute atomic E-state index is 13.7. The molecule has 5 aromatic rings. The van der Waals surface area contributed by atoms with E-state index in [-0.39, 0.29) is 40.8 Å². The first kappa shape index (κ1) is 24.8. The van der Waals surface area contributed by atoms with Crippen LogP contribution in [0.2, 0.25) is 0 Å². The molecule has 1 aliphatic rings. The third-order valence-electron chi connectivity index (χ3n) is 6.83. The molecule has 11 heteroatoms. The van der Waals surface area contributed by atoms with Crippen molar-refractivity contribution >= 4 is 44.9 Å². The van der Waals surface area contributed by atoms with E-state index in [4.69, 9.17) is 14.6 Å². The highest BCUT2D eigenvalue weighted by atomic mass is 32.1. The standard InChI is InChI=1S/C28H25N5O5S/c1-2-37-28(36)22-17-9-3-4-10-20(17)39-26(22)31-25(34)18-14-19-24(30-21-11-5-6-12-32(21)27(19)35)33(23(18)29)15-16-8-7-13-38-16/h5-8,11-14,29H,2-4,9-10,15H2,1H3,(H,31,34). The van der Waals surface area contributed by atoms with Crippen LogP contribution in [-0.4, -0.2) is 32.4 Å². The topological polar surface area (TPSA) is 132 Å². The molecule has 0 atom stereocenters. The zero-order valence-corrected chi connectivity index (χ0v) is 22.0. The van der Waals surface area contributed by atoms with Gasteiger partial charge < -0.3 is 19.0 Å². The molecule has 5 heterocycles. The lowest BCUT2D eigenvalue weighted by atomic mass is 9.95. The van der Waals surface area contributed by atoms with Crippen LogP contribution >= 0.6 is 11.3 Å². The Balaban J connectivity index is 1.51. The molecule has 0 aromatic carbocycles. The van der Waals surface area contributed by atoms with Crippen molar-refractivity contribution in [3.63, 3.8) is 0 Å². The summed E-state index contributed by atoms with van der Waals surface area (Å²) in [5.41, 5.74) is 1.47. The number of amides is 1. The third kappa shape index (κ3) is 4.34. The van der Waals surface area contributed by atoms with Crippen LogP contribution in [0.3, 0.4) is 0 Å². The van der Waals surface area contributed by atoms with E-state index >= 15 is 0 Å². The summed E-state index contributed by atoms with van der Waals surface area (Å²) in [4.78, 5) is 45.8. The van der Waals surface area contributed by atoms with Crippen molar-refractivity contribution in [2.75, 3.05) is 11.9 Å². The van der Waals surface area contributed by atoms with Crippen molar-refractivity contribution in [1.29, 1.82) is 5.41 Å². The van der Waals surface area contributed by atoms with Crippen LogP contribution in [0.15, 0.2) is 58.1 Å². The van der Waals surface area contributed by atoms with Crippen molar-refractivity contribution in [1.82, 2.24) is 14.0 Å². The van der Waals surface area contributed by atoms with Gasteiger partial charge in [0.05, 0.1) is 35.9 Å². The molecule has 1 amide bonds. The number of esters is 1. The normalized spacial score (nSPS) is 12.9. The Labute approximate surface area is 226 Å². The number of carbonyl (C=O) groups excluding carboxylic acids is 2. The van der Waals surface area contributed by atoms with E-state index in [2.05, 4.69) is 10.3 Å². The van der Waals surface area contributed by atoms with Gasteiger partial charge in [-0.1, -0.05) is 6.07 Å². The van der Waals surface area contributed by atoms with Crippen LogP contribution in [-0.2, 0) is 24.1 Å². The average molecular weight is 544 g/mol. The Morgan fingerprint density at radius 2 is 2.05 bits per heavy atom. The maximum atomic E-state index is 13.7. The first-order valence-corrected chi connectivity index (χ1v) is 13.5. The Morgan fingerprint density at radius 3 is 2.85 bits per heavy atom. The Kier molecular flexibility index (Phi) is 6.35. The highest BCUT2D eigenvalue weighted by Crippen LogP contribution is 2.38. The molecule has 2 N–H and O–H groups in total. The summed E-state index contributed by atoms with van der Waals surface area (Å²) in [6.45, 7) is 2.06. The molecule has 0 unspecified atom stereocenters. The number of thiophene rings is 1. The molecular formula is C28H25N5O5S. The minimum Gasteiger partial charge on any atom is -0.467 e. The largest absolute Gasteiger partial charge is 0.467 e. The Morgan fingerprint density at radius 1 is 1.21 bits per heavy atom. The van der Waals surface area contributed by atoms with Gasteiger partial charge in [-0.25, -0.2) is 9.78 Å². The predicted octanol–water partition coefficient (Wildman–Crippen LogP) is 4.14. The van der Waals surface area contributed by atoms with Crippen molar-refractivity contribution in [3.8, 4) is 0 Å². The lowest BCUT2D eigenvalue weighted by molar-refractivity contribution is 0.0526. The van der Waals surface area contributed by atoms with Crippen LogP contribution in [0.1, 0.15) is 56.7 Å². The molecule has 0 saturated heterocycles. The minimum atomic E-state index is -0.600. The second kappa shape index (κ2) is 9.99. The molecule has 5 aromatic heterocycles. The average Bonchev–Trinajstić information content (AvgIpc) is 3.58. The van der Waals surface area contributed by atoms with Crippen LogP contribution in [0.5, 0.6) is 0 Å². The maximum Gasteiger partial charge on any atom is 0.341 e. The molecule has 0 saturated carbocycles. The number of aromatic nitrogens is 3. The Hall–Kier alpha value is -4.51. The molecule has 0 aliphatic heterocycles. The number of fused-ring (bicyclic) bond motifs is 3. The number of anilines is 1. The van der Waals surface area contributed by atoms with Crippen molar-refractivity contribution in [2.45, 2.75) is 39.2 Å². The molecule has 6 rings (SSSR count). The number of aryl methyl sites for hydroxylation is 1. The quantitative estimate of drug-likeness (QED) is 0.244.